The SMILES string of the molecule is C=CC[C@H]1C[C@H](CO)N(CCCc2ccccc2)C1=O. The van der Waals surface area contributed by atoms with E-state index in [4.69, 9.17) is 0 Å². The molecule has 1 aliphatic rings. The average molecular weight is 273 g/mol. The minimum Gasteiger partial charge on any atom is -0.394 e. The predicted molar refractivity (Wildman–Crippen MR) is 80.3 cm³/mol. The van der Waals surface area contributed by atoms with Gasteiger partial charge in [0.1, 0.15) is 0 Å². The molecule has 1 amide bonds. The molecule has 1 saturated heterocycles. The summed E-state index contributed by atoms with van der Waals surface area (Å²) in [6.07, 6.45) is 5.17. The molecule has 0 saturated carbocycles. The molecule has 0 spiro atoms. The van der Waals surface area contributed by atoms with Crippen LogP contribution in [-0.2, 0) is 11.2 Å². The molecule has 0 aliphatic carbocycles. The van der Waals surface area contributed by atoms with E-state index in [-0.39, 0.29) is 24.5 Å². The molecule has 1 fully saturated rings. The highest BCUT2D eigenvalue weighted by molar-refractivity contribution is 5.81. The van der Waals surface area contributed by atoms with Gasteiger partial charge in [-0.2, -0.15) is 0 Å². The molecule has 1 aromatic rings. The van der Waals surface area contributed by atoms with Gasteiger partial charge in [0, 0.05) is 12.5 Å². The molecular weight excluding hydrogens is 250 g/mol. The Kier molecular flexibility index (Phi) is 5.36. The summed E-state index contributed by atoms with van der Waals surface area (Å²) < 4.78 is 0. The Morgan fingerprint density at radius 3 is 2.75 bits per heavy atom. The largest absolute Gasteiger partial charge is 0.394 e. The summed E-state index contributed by atoms with van der Waals surface area (Å²) >= 11 is 0. The summed E-state index contributed by atoms with van der Waals surface area (Å²) in [6, 6.07) is 10.3. The van der Waals surface area contributed by atoms with Gasteiger partial charge in [-0.25, -0.2) is 0 Å². The van der Waals surface area contributed by atoms with Crippen molar-refractivity contribution >= 4 is 5.91 Å². The minimum absolute atomic E-state index is 0.0109. The number of carbonyl (C=O) groups excluding carboxylic acids is 1. The second kappa shape index (κ2) is 7.25. The van der Waals surface area contributed by atoms with Crippen LogP contribution in [0.1, 0.15) is 24.8 Å². The first-order chi connectivity index (χ1) is 9.76. The lowest BCUT2D eigenvalue weighted by Gasteiger charge is -2.23. The number of aryl methyl sites for hydroxylation is 1. The van der Waals surface area contributed by atoms with E-state index >= 15 is 0 Å². The van der Waals surface area contributed by atoms with E-state index in [1.54, 1.807) is 6.08 Å². The summed E-state index contributed by atoms with van der Waals surface area (Å²) in [6.45, 7) is 4.49. The zero-order chi connectivity index (χ0) is 14.4. The zero-order valence-corrected chi connectivity index (χ0v) is 11.9. The van der Waals surface area contributed by atoms with Gasteiger partial charge in [0.2, 0.25) is 5.91 Å². The number of benzene rings is 1. The predicted octanol–water partition coefficient (Wildman–Crippen LogP) is 2.40. The van der Waals surface area contributed by atoms with Crippen LogP contribution < -0.4 is 0 Å². The van der Waals surface area contributed by atoms with Crippen molar-refractivity contribution in [2.45, 2.75) is 31.7 Å². The van der Waals surface area contributed by atoms with Gasteiger partial charge in [0.25, 0.3) is 0 Å². The molecule has 1 heterocycles. The number of aliphatic hydroxyl groups is 1. The Balaban J connectivity index is 1.87. The Labute approximate surface area is 120 Å². The van der Waals surface area contributed by atoms with Crippen molar-refractivity contribution in [1.82, 2.24) is 4.90 Å². The van der Waals surface area contributed by atoms with Gasteiger partial charge < -0.3 is 10.0 Å². The van der Waals surface area contributed by atoms with Crippen LogP contribution in [0.15, 0.2) is 43.0 Å². The fraction of sp³-hybridized carbons (Fsp3) is 0.471. The number of rotatable bonds is 7. The molecule has 0 radical (unpaired) electrons. The maximum Gasteiger partial charge on any atom is 0.226 e. The number of nitrogens with zero attached hydrogens (tertiary/aromatic N) is 1. The van der Waals surface area contributed by atoms with Crippen molar-refractivity contribution in [2.24, 2.45) is 5.92 Å². The zero-order valence-electron chi connectivity index (χ0n) is 11.9. The number of hydrogen-bond acceptors (Lipinski definition) is 2. The van der Waals surface area contributed by atoms with Crippen LogP contribution in [-0.4, -0.2) is 35.1 Å². The Hall–Kier alpha value is -1.61. The number of carbonyl (C=O) groups is 1. The number of hydrogen-bond donors (Lipinski definition) is 1. The maximum atomic E-state index is 12.3. The van der Waals surface area contributed by atoms with Crippen molar-refractivity contribution in [2.75, 3.05) is 13.2 Å². The van der Waals surface area contributed by atoms with Crippen molar-refractivity contribution in [3.05, 3.63) is 48.6 Å². The Morgan fingerprint density at radius 2 is 2.10 bits per heavy atom. The first-order valence-corrected chi connectivity index (χ1v) is 7.32. The monoisotopic (exact) mass is 273 g/mol. The van der Waals surface area contributed by atoms with Gasteiger partial charge in [-0.05, 0) is 31.2 Å². The highest BCUT2D eigenvalue weighted by atomic mass is 16.3. The number of likely N-dealkylation sites (tertiary alicyclic amines) is 1. The van der Waals surface area contributed by atoms with E-state index in [2.05, 4.69) is 18.7 Å². The molecule has 0 unspecified atom stereocenters. The van der Waals surface area contributed by atoms with Gasteiger partial charge in [-0.1, -0.05) is 36.4 Å². The summed E-state index contributed by atoms with van der Waals surface area (Å²) in [5.74, 6) is 0.193. The fourth-order valence-electron chi connectivity index (χ4n) is 2.93. The van der Waals surface area contributed by atoms with Gasteiger partial charge in [-0.3, -0.25) is 4.79 Å². The summed E-state index contributed by atoms with van der Waals surface area (Å²) in [4.78, 5) is 14.1. The van der Waals surface area contributed by atoms with Crippen LogP contribution in [0.4, 0.5) is 0 Å². The van der Waals surface area contributed by atoms with Crippen LogP contribution in [0.2, 0.25) is 0 Å². The van der Waals surface area contributed by atoms with E-state index in [1.807, 2.05) is 23.1 Å². The van der Waals surface area contributed by atoms with Crippen LogP contribution in [0.25, 0.3) is 0 Å². The first-order valence-electron chi connectivity index (χ1n) is 7.32. The van der Waals surface area contributed by atoms with Crippen molar-refractivity contribution < 1.29 is 9.90 Å². The molecule has 3 nitrogen and oxygen atoms in total. The van der Waals surface area contributed by atoms with Crippen LogP contribution in [0, 0.1) is 5.92 Å². The molecule has 0 aromatic heterocycles. The van der Waals surface area contributed by atoms with Crippen LogP contribution in [0.5, 0.6) is 0 Å². The Bertz CT molecular complexity index is 444. The highest BCUT2D eigenvalue weighted by Crippen LogP contribution is 2.27. The molecular formula is C17H23NO2. The molecule has 108 valence electrons. The number of allylic oxidation sites excluding steroid dienone is 1. The van der Waals surface area contributed by atoms with E-state index in [0.717, 1.165) is 25.8 Å². The standard InChI is InChI=1S/C17H23NO2/c1-2-7-15-12-16(13-19)18(17(15)20)11-6-10-14-8-4-3-5-9-14/h2-5,8-9,15-16,19H,1,6-7,10-13H2/t15-,16+/m0/s1. The topological polar surface area (TPSA) is 40.5 Å². The summed E-state index contributed by atoms with van der Waals surface area (Å²) in [5.41, 5.74) is 1.29. The van der Waals surface area contributed by atoms with Crippen molar-refractivity contribution in [1.29, 1.82) is 0 Å². The molecule has 20 heavy (non-hydrogen) atoms. The minimum atomic E-state index is -0.0109. The molecule has 0 bridgehead atoms. The fourth-order valence-corrected chi connectivity index (χ4v) is 2.93. The number of amides is 1. The first kappa shape index (κ1) is 14.8. The van der Waals surface area contributed by atoms with Crippen LogP contribution in [0.3, 0.4) is 0 Å². The normalized spacial score (nSPS) is 22.2. The Morgan fingerprint density at radius 1 is 1.35 bits per heavy atom. The molecule has 2 atom stereocenters. The third-order valence-electron chi connectivity index (χ3n) is 4.00. The van der Waals surface area contributed by atoms with E-state index in [1.165, 1.54) is 5.56 Å². The molecule has 3 heteroatoms. The van der Waals surface area contributed by atoms with Crippen molar-refractivity contribution in [3.63, 3.8) is 0 Å². The lowest BCUT2D eigenvalue weighted by Crippen LogP contribution is -2.36. The van der Waals surface area contributed by atoms with Gasteiger partial charge in [0.15, 0.2) is 0 Å². The third-order valence-corrected chi connectivity index (χ3v) is 4.00. The molecule has 1 N–H and O–H groups in total. The average Bonchev–Trinajstić information content (AvgIpc) is 2.77. The quantitative estimate of drug-likeness (QED) is 0.775. The lowest BCUT2D eigenvalue weighted by molar-refractivity contribution is -0.132. The molecule has 2 rings (SSSR count). The van der Waals surface area contributed by atoms with E-state index in [9.17, 15) is 9.90 Å². The van der Waals surface area contributed by atoms with Gasteiger partial charge >= 0.3 is 0 Å². The van der Waals surface area contributed by atoms with Gasteiger partial charge in [-0.15, -0.1) is 6.58 Å². The maximum absolute atomic E-state index is 12.3. The second-order valence-electron chi connectivity index (χ2n) is 5.41. The second-order valence-corrected chi connectivity index (χ2v) is 5.41. The van der Waals surface area contributed by atoms with Gasteiger partial charge in [0.05, 0.1) is 12.6 Å². The molecule has 1 aliphatic heterocycles. The number of aliphatic hydroxyl groups excluding tert-OH is 1. The summed E-state index contributed by atoms with van der Waals surface area (Å²) in [7, 11) is 0. The molecule has 1 aromatic carbocycles. The van der Waals surface area contributed by atoms with Crippen LogP contribution >= 0.6 is 0 Å². The summed E-state index contributed by atoms with van der Waals surface area (Å²) in [5, 5.41) is 9.44. The smallest absolute Gasteiger partial charge is 0.226 e. The van der Waals surface area contributed by atoms with Crippen molar-refractivity contribution in [3.8, 4) is 0 Å². The van der Waals surface area contributed by atoms with E-state index in [0.29, 0.717) is 6.42 Å². The lowest BCUT2D eigenvalue weighted by atomic mass is 10.0. The highest BCUT2D eigenvalue weighted by Gasteiger charge is 2.37. The third kappa shape index (κ3) is 3.48. The van der Waals surface area contributed by atoms with E-state index < -0.39 is 0 Å².